The zero-order valence-corrected chi connectivity index (χ0v) is 13.3. The molecule has 2 N–H and O–H groups in total. The number of carbonyl (C=O) groups is 2. The number of hydrogen-bond donors (Lipinski definition) is 1. The lowest BCUT2D eigenvalue weighted by Gasteiger charge is -2.13. The van der Waals surface area contributed by atoms with Crippen LogP contribution in [0.15, 0.2) is 36.4 Å². The maximum absolute atomic E-state index is 12.2. The van der Waals surface area contributed by atoms with Gasteiger partial charge in [0.25, 0.3) is 0 Å². The summed E-state index contributed by atoms with van der Waals surface area (Å²) in [7, 11) is 0. The third-order valence-corrected chi connectivity index (χ3v) is 4.32. The molecule has 0 spiro atoms. The third-order valence-electron chi connectivity index (χ3n) is 4.32. The number of Topliss-reactive ketones (excluding diaryl/α,β-unsaturated/α-hetero) is 1. The summed E-state index contributed by atoms with van der Waals surface area (Å²) in [6.45, 7) is 4.44. The fraction of sp³-hybridized carbons (Fsp3) is 0.263. The number of ketones is 1. The molecule has 0 saturated carbocycles. The van der Waals surface area contributed by atoms with E-state index in [0.29, 0.717) is 24.3 Å². The second-order valence-electron chi connectivity index (χ2n) is 6.05. The van der Waals surface area contributed by atoms with Gasteiger partial charge in [0.2, 0.25) is 5.91 Å². The van der Waals surface area contributed by atoms with Crippen molar-refractivity contribution in [2.75, 3.05) is 0 Å². The van der Waals surface area contributed by atoms with Crippen LogP contribution < -0.4 is 10.5 Å². The van der Waals surface area contributed by atoms with Crippen molar-refractivity contribution in [3.63, 3.8) is 0 Å². The Morgan fingerprint density at radius 2 is 1.91 bits per heavy atom. The summed E-state index contributed by atoms with van der Waals surface area (Å²) in [6.07, 6.45) is 0.545. The van der Waals surface area contributed by atoms with Crippen LogP contribution in [-0.2, 0) is 6.61 Å². The topological polar surface area (TPSA) is 69.4 Å². The molecule has 4 heteroatoms. The molecule has 118 valence electrons. The summed E-state index contributed by atoms with van der Waals surface area (Å²) in [6, 6.07) is 10.8. The highest BCUT2D eigenvalue weighted by Gasteiger charge is 2.31. The van der Waals surface area contributed by atoms with Crippen molar-refractivity contribution >= 4 is 11.7 Å². The van der Waals surface area contributed by atoms with Gasteiger partial charge >= 0.3 is 0 Å². The summed E-state index contributed by atoms with van der Waals surface area (Å²) in [5, 5.41) is 0. The fourth-order valence-corrected chi connectivity index (χ4v) is 3.16. The number of primary amides is 1. The van der Waals surface area contributed by atoms with E-state index in [1.807, 2.05) is 19.1 Å². The Morgan fingerprint density at radius 1 is 1.22 bits per heavy atom. The minimum atomic E-state index is -0.451. The monoisotopic (exact) mass is 309 g/mol. The molecule has 1 aliphatic rings. The summed E-state index contributed by atoms with van der Waals surface area (Å²) < 4.78 is 5.87. The van der Waals surface area contributed by atoms with Gasteiger partial charge in [0, 0.05) is 12.0 Å². The van der Waals surface area contributed by atoms with E-state index < -0.39 is 5.91 Å². The molecule has 0 heterocycles. The zero-order chi connectivity index (χ0) is 16.6. The van der Waals surface area contributed by atoms with Crippen molar-refractivity contribution in [1.82, 2.24) is 0 Å². The molecule has 2 aromatic rings. The van der Waals surface area contributed by atoms with Crippen LogP contribution in [0.4, 0.5) is 0 Å². The van der Waals surface area contributed by atoms with Gasteiger partial charge in [-0.3, -0.25) is 9.59 Å². The molecule has 23 heavy (non-hydrogen) atoms. The normalized spacial score (nSPS) is 16.3. The Labute approximate surface area is 135 Å². The van der Waals surface area contributed by atoms with Crippen LogP contribution in [0.1, 0.15) is 56.7 Å². The van der Waals surface area contributed by atoms with E-state index >= 15 is 0 Å². The molecule has 1 aliphatic carbocycles. The standard InChI is InChI=1S/C19H19NO3/c1-11-3-8-16(18-15(21)9-12(2)17(11)18)23-10-13-4-6-14(7-5-13)19(20)22/h3-8,12H,9-10H2,1-2H3,(H2,20,22). The van der Waals surface area contributed by atoms with Crippen LogP contribution in [0.5, 0.6) is 5.75 Å². The van der Waals surface area contributed by atoms with Crippen LogP contribution in [0.3, 0.4) is 0 Å². The van der Waals surface area contributed by atoms with E-state index in [2.05, 4.69) is 6.92 Å². The molecule has 0 aromatic heterocycles. The second kappa shape index (κ2) is 5.88. The first-order valence-corrected chi connectivity index (χ1v) is 7.65. The van der Waals surface area contributed by atoms with Gasteiger partial charge in [-0.25, -0.2) is 0 Å². The molecule has 0 bridgehead atoms. The molecule has 0 fully saturated rings. The smallest absolute Gasteiger partial charge is 0.248 e. The molecular weight excluding hydrogens is 290 g/mol. The van der Waals surface area contributed by atoms with Gasteiger partial charge in [0.1, 0.15) is 12.4 Å². The summed E-state index contributed by atoms with van der Waals surface area (Å²) in [5.41, 5.74) is 9.58. The zero-order valence-electron chi connectivity index (χ0n) is 13.3. The molecule has 1 unspecified atom stereocenters. The Bertz CT molecular complexity index is 778. The van der Waals surface area contributed by atoms with Gasteiger partial charge in [0.05, 0.1) is 5.56 Å². The Morgan fingerprint density at radius 3 is 2.57 bits per heavy atom. The van der Waals surface area contributed by atoms with Gasteiger partial charge in [-0.05, 0) is 47.7 Å². The number of hydrogen-bond acceptors (Lipinski definition) is 3. The first-order chi connectivity index (χ1) is 11.0. The number of nitrogens with two attached hydrogens (primary N) is 1. The average Bonchev–Trinajstić information content (AvgIpc) is 2.83. The molecule has 0 radical (unpaired) electrons. The number of fused-ring (bicyclic) bond motifs is 1. The highest BCUT2D eigenvalue weighted by atomic mass is 16.5. The van der Waals surface area contributed by atoms with Crippen LogP contribution in [0.25, 0.3) is 0 Å². The molecule has 0 aliphatic heterocycles. The lowest BCUT2D eigenvalue weighted by atomic mass is 9.97. The number of amides is 1. The lowest BCUT2D eigenvalue weighted by molar-refractivity contribution is 0.0982. The Kier molecular flexibility index (Phi) is 3.90. The molecule has 3 rings (SSSR count). The number of rotatable bonds is 4. The van der Waals surface area contributed by atoms with Gasteiger partial charge in [-0.2, -0.15) is 0 Å². The van der Waals surface area contributed by atoms with Crippen molar-refractivity contribution in [3.8, 4) is 5.75 Å². The highest BCUT2D eigenvalue weighted by molar-refractivity contribution is 6.04. The average molecular weight is 309 g/mol. The first-order valence-electron chi connectivity index (χ1n) is 7.65. The van der Waals surface area contributed by atoms with E-state index in [-0.39, 0.29) is 11.7 Å². The number of ether oxygens (including phenoxy) is 1. The van der Waals surface area contributed by atoms with Crippen molar-refractivity contribution in [2.24, 2.45) is 5.73 Å². The molecule has 1 atom stereocenters. The van der Waals surface area contributed by atoms with Crippen molar-refractivity contribution in [2.45, 2.75) is 32.8 Å². The summed E-state index contributed by atoms with van der Waals surface area (Å²) in [5.74, 6) is 0.582. The van der Waals surface area contributed by atoms with E-state index in [1.165, 1.54) is 0 Å². The summed E-state index contributed by atoms with van der Waals surface area (Å²) in [4.78, 5) is 23.3. The fourth-order valence-electron chi connectivity index (χ4n) is 3.16. The van der Waals surface area contributed by atoms with Crippen molar-refractivity contribution in [3.05, 3.63) is 64.2 Å². The third kappa shape index (κ3) is 2.84. The predicted molar refractivity (Wildman–Crippen MR) is 87.8 cm³/mol. The molecule has 4 nitrogen and oxygen atoms in total. The lowest BCUT2D eigenvalue weighted by Crippen LogP contribution is -2.10. The van der Waals surface area contributed by atoms with E-state index in [0.717, 1.165) is 22.3 Å². The Hall–Kier alpha value is -2.62. The Balaban J connectivity index is 1.82. The van der Waals surface area contributed by atoms with Crippen molar-refractivity contribution in [1.29, 1.82) is 0 Å². The van der Waals surface area contributed by atoms with Crippen LogP contribution in [0.2, 0.25) is 0 Å². The molecule has 0 saturated heterocycles. The predicted octanol–water partition coefficient (Wildman–Crippen LogP) is 3.36. The van der Waals surface area contributed by atoms with Crippen molar-refractivity contribution < 1.29 is 14.3 Å². The minimum Gasteiger partial charge on any atom is -0.488 e. The molecule has 1 amide bonds. The largest absolute Gasteiger partial charge is 0.488 e. The van der Waals surface area contributed by atoms with Gasteiger partial charge in [-0.1, -0.05) is 25.1 Å². The quantitative estimate of drug-likeness (QED) is 0.941. The maximum atomic E-state index is 12.2. The number of aryl methyl sites for hydroxylation is 1. The summed E-state index contributed by atoms with van der Waals surface area (Å²) >= 11 is 0. The number of benzene rings is 2. The van der Waals surface area contributed by atoms with Crippen LogP contribution in [0, 0.1) is 6.92 Å². The van der Waals surface area contributed by atoms with Crippen LogP contribution >= 0.6 is 0 Å². The highest BCUT2D eigenvalue weighted by Crippen LogP contribution is 2.40. The van der Waals surface area contributed by atoms with Gasteiger partial charge in [0.15, 0.2) is 5.78 Å². The minimum absolute atomic E-state index is 0.148. The second-order valence-corrected chi connectivity index (χ2v) is 6.05. The van der Waals surface area contributed by atoms with Gasteiger partial charge in [-0.15, -0.1) is 0 Å². The van der Waals surface area contributed by atoms with Gasteiger partial charge < -0.3 is 10.5 Å². The van der Waals surface area contributed by atoms with E-state index in [9.17, 15) is 9.59 Å². The number of carbonyl (C=O) groups excluding carboxylic acids is 2. The SMILES string of the molecule is Cc1ccc(OCc2ccc(C(N)=O)cc2)c2c1C(C)CC2=O. The first kappa shape index (κ1) is 15.3. The molecule has 2 aromatic carbocycles. The van der Waals surface area contributed by atoms with E-state index in [4.69, 9.17) is 10.5 Å². The van der Waals surface area contributed by atoms with E-state index in [1.54, 1.807) is 24.3 Å². The van der Waals surface area contributed by atoms with Crippen LogP contribution in [-0.4, -0.2) is 11.7 Å². The molecular formula is C19H19NO3. The maximum Gasteiger partial charge on any atom is 0.248 e.